The van der Waals surface area contributed by atoms with Crippen molar-refractivity contribution in [1.82, 2.24) is 4.90 Å². The molecule has 1 N–H and O–H groups in total. The van der Waals surface area contributed by atoms with Crippen LogP contribution in [0.2, 0.25) is 0 Å². The normalized spacial score (nSPS) is 19.1. The second kappa shape index (κ2) is 3.87. The topological polar surface area (TPSA) is 40.5 Å². The molecule has 0 aliphatic carbocycles. The van der Waals surface area contributed by atoms with Crippen molar-refractivity contribution in [1.29, 1.82) is 0 Å². The number of aliphatic hydroxyl groups is 1. The number of carbonyl (C=O) groups excluding carboxylic acids is 1. The highest BCUT2D eigenvalue weighted by Crippen LogP contribution is 2.31. The molecule has 0 fully saturated rings. The molecule has 3 nitrogen and oxygen atoms in total. The Kier molecular flexibility index (Phi) is 2.56. The van der Waals surface area contributed by atoms with Crippen LogP contribution in [0, 0.1) is 0 Å². The standard InChI is InChI=1S/C12H13NO2/c1-2-3-8-13-11(14)9-6-4-5-7-10(9)12(13)15/h2,4-7,11,14H,1,3,8H2. The van der Waals surface area contributed by atoms with Gasteiger partial charge in [0.15, 0.2) is 6.23 Å². The van der Waals surface area contributed by atoms with E-state index in [4.69, 9.17) is 0 Å². The molecule has 1 aliphatic rings. The molecule has 0 spiro atoms. The van der Waals surface area contributed by atoms with Gasteiger partial charge in [0.05, 0.1) is 0 Å². The number of amides is 1. The summed E-state index contributed by atoms with van der Waals surface area (Å²) in [6.45, 7) is 4.11. The first-order valence-corrected chi connectivity index (χ1v) is 4.94. The van der Waals surface area contributed by atoms with Gasteiger partial charge in [-0.05, 0) is 12.5 Å². The average Bonchev–Trinajstić information content (AvgIpc) is 2.51. The largest absolute Gasteiger partial charge is 0.369 e. The summed E-state index contributed by atoms with van der Waals surface area (Å²) in [5, 5.41) is 9.91. The van der Waals surface area contributed by atoms with Crippen molar-refractivity contribution in [2.45, 2.75) is 12.6 Å². The van der Waals surface area contributed by atoms with Crippen LogP contribution in [-0.2, 0) is 0 Å². The minimum absolute atomic E-state index is 0.0973. The highest BCUT2D eigenvalue weighted by atomic mass is 16.3. The van der Waals surface area contributed by atoms with Crippen LogP contribution in [0.4, 0.5) is 0 Å². The Morgan fingerprint density at radius 2 is 2.20 bits per heavy atom. The van der Waals surface area contributed by atoms with Crippen molar-refractivity contribution >= 4 is 5.91 Å². The number of carbonyl (C=O) groups is 1. The Morgan fingerprint density at radius 1 is 1.47 bits per heavy atom. The van der Waals surface area contributed by atoms with E-state index in [1.54, 1.807) is 24.3 Å². The number of hydrogen-bond acceptors (Lipinski definition) is 2. The molecule has 15 heavy (non-hydrogen) atoms. The average molecular weight is 203 g/mol. The van der Waals surface area contributed by atoms with Crippen LogP contribution in [0.5, 0.6) is 0 Å². The first kappa shape index (κ1) is 9.93. The van der Waals surface area contributed by atoms with Crippen LogP contribution in [0.25, 0.3) is 0 Å². The monoisotopic (exact) mass is 203 g/mol. The quantitative estimate of drug-likeness (QED) is 0.760. The summed E-state index contributed by atoms with van der Waals surface area (Å²) in [5.41, 5.74) is 1.31. The highest BCUT2D eigenvalue weighted by Gasteiger charge is 2.34. The van der Waals surface area contributed by atoms with E-state index >= 15 is 0 Å². The second-order valence-corrected chi connectivity index (χ2v) is 3.54. The summed E-state index contributed by atoms with van der Waals surface area (Å²) in [5.74, 6) is -0.0973. The third-order valence-electron chi connectivity index (χ3n) is 2.60. The lowest BCUT2D eigenvalue weighted by Crippen LogP contribution is -2.28. The van der Waals surface area contributed by atoms with Gasteiger partial charge in [-0.2, -0.15) is 0 Å². The molecule has 1 unspecified atom stereocenters. The predicted octanol–water partition coefficient (Wildman–Crippen LogP) is 1.71. The maximum atomic E-state index is 11.8. The Hall–Kier alpha value is -1.61. The van der Waals surface area contributed by atoms with E-state index in [2.05, 4.69) is 6.58 Å². The molecule has 1 aromatic rings. The van der Waals surface area contributed by atoms with Crippen molar-refractivity contribution in [2.75, 3.05) is 6.54 Å². The summed E-state index contributed by atoms with van der Waals surface area (Å²) in [4.78, 5) is 13.3. The van der Waals surface area contributed by atoms with Gasteiger partial charge in [0, 0.05) is 17.7 Å². The van der Waals surface area contributed by atoms with Gasteiger partial charge in [0.2, 0.25) is 0 Å². The molecule has 1 aliphatic heterocycles. The molecule has 1 aromatic carbocycles. The fourth-order valence-electron chi connectivity index (χ4n) is 1.80. The Morgan fingerprint density at radius 3 is 2.87 bits per heavy atom. The van der Waals surface area contributed by atoms with Gasteiger partial charge >= 0.3 is 0 Å². The fraction of sp³-hybridized carbons (Fsp3) is 0.250. The minimum Gasteiger partial charge on any atom is -0.369 e. The Balaban J connectivity index is 2.28. The number of rotatable bonds is 3. The molecule has 3 heteroatoms. The zero-order chi connectivity index (χ0) is 10.8. The molecular formula is C12H13NO2. The lowest BCUT2D eigenvalue weighted by molar-refractivity contribution is 0.0185. The highest BCUT2D eigenvalue weighted by molar-refractivity contribution is 5.98. The summed E-state index contributed by atoms with van der Waals surface area (Å²) >= 11 is 0. The Bertz CT molecular complexity index is 400. The number of benzene rings is 1. The molecule has 0 bridgehead atoms. The van der Waals surface area contributed by atoms with Crippen LogP contribution in [0.1, 0.15) is 28.6 Å². The van der Waals surface area contributed by atoms with Crippen molar-refractivity contribution in [3.8, 4) is 0 Å². The summed E-state index contributed by atoms with van der Waals surface area (Å²) in [6, 6.07) is 7.16. The maximum absolute atomic E-state index is 11.8. The maximum Gasteiger partial charge on any atom is 0.256 e. The third-order valence-corrected chi connectivity index (χ3v) is 2.60. The number of fused-ring (bicyclic) bond motifs is 1. The second-order valence-electron chi connectivity index (χ2n) is 3.54. The number of hydrogen-bond donors (Lipinski definition) is 1. The first-order valence-electron chi connectivity index (χ1n) is 4.94. The molecule has 0 aromatic heterocycles. The molecule has 0 saturated heterocycles. The van der Waals surface area contributed by atoms with Crippen molar-refractivity contribution < 1.29 is 9.90 Å². The van der Waals surface area contributed by atoms with Gasteiger partial charge in [-0.25, -0.2) is 0 Å². The molecule has 0 radical (unpaired) electrons. The number of aliphatic hydroxyl groups excluding tert-OH is 1. The van der Waals surface area contributed by atoms with Crippen LogP contribution in [0.3, 0.4) is 0 Å². The van der Waals surface area contributed by atoms with E-state index in [0.29, 0.717) is 24.1 Å². The van der Waals surface area contributed by atoms with E-state index in [1.165, 1.54) is 4.90 Å². The van der Waals surface area contributed by atoms with Crippen LogP contribution in [-0.4, -0.2) is 22.5 Å². The number of nitrogens with zero attached hydrogens (tertiary/aromatic N) is 1. The molecule has 78 valence electrons. The third kappa shape index (κ3) is 1.55. The smallest absolute Gasteiger partial charge is 0.256 e. The lowest BCUT2D eigenvalue weighted by Gasteiger charge is -2.19. The molecule has 0 saturated carbocycles. The summed E-state index contributed by atoms with van der Waals surface area (Å²) in [7, 11) is 0. The minimum atomic E-state index is -0.798. The van der Waals surface area contributed by atoms with E-state index in [0.717, 1.165) is 0 Å². The predicted molar refractivity (Wildman–Crippen MR) is 57.3 cm³/mol. The van der Waals surface area contributed by atoms with Crippen molar-refractivity contribution in [2.24, 2.45) is 0 Å². The molecule has 1 amide bonds. The van der Waals surface area contributed by atoms with E-state index < -0.39 is 6.23 Å². The molecule has 2 rings (SSSR count). The van der Waals surface area contributed by atoms with Crippen molar-refractivity contribution in [3.05, 3.63) is 48.0 Å². The molecular weight excluding hydrogens is 190 g/mol. The van der Waals surface area contributed by atoms with E-state index in [1.807, 2.05) is 6.07 Å². The lowest BCUT2D eigenvalue weighted by atomic mass is 10.1. The summed E-state index contributed by atoms with van der Waals surface area (Å²) < 4.78 is 0. The van der Waals surface area contributed by atoms with E-state index in [9.17, 15) is 9.90 Å². The fourth-order valence-corrected chi connectivity index (χ4v) is 1.80. The molecule has 1 atom stereocenters. The van der Waals surface area contributed by atoms with Crippen LogP contribution >= 0.6 is 0 Å². The van der Waals surface area contributed by atoms with Gasteiger partial charge in [-0.15, -0.1) is 6.58 Å². The van der Waals surface area contributed by atoms with E-state index in [-0.39, 0.29) is 5.91 Å². The van der Waals surface area contributed by atoms with Crippen LogP contribution < -0.4 is 0 Å². The SMILES string of the molecule is C=CCCN1C(=O)c2ccccc2C1O. The van der Waals surface area contributed by atoms with Gasteiger partial charge in [0.25, 0.3) is 5.91 Å². The zero-order valence-electron chi connectivity index (χ0n) is 8.39. The van der Waals surface area contributed by atoms with Gasteiger partial charge in [-0.3, -0.25) is 4.79 Å². The first-order chi connectivity index (χ1) is 7.25. The van der Waals surface area contributed by atoms with Gasteiger partial charge in [-0.1, -0.05) is 24.3 Å². The van der Waals surface area contributed by atoms with Gasteiger partial charge in [0.1, 0.15) is 0 Å². The van der Waals surface area contributed by atoms with Crippen LogP contribution in [0.15, 0.2) is 36.9 Å². The molecule has 1 heterocycles. The zero-order valence-corrected chi connectivity index (χ0v) is 8.39. The van der Waals surface area contributed by atoms with Crippen molar-refractivity contribution in [3.63, 3.8) is 0 Å². The Labute approximate surface area is 88.6 Å². The van der Waals surface area contributed by atoms with Gasteiger partial charge < -0.3 is 10.0 Å². The summed E-state index contributed by atoms with van der Waals surface area (Å²) in [6.07, 6.45) is 1.63.